The largest absolute Gasteiger partial charge is 0.456 e. The molecule has 0 N–H and O–H groups in total. The van der Waals surface area contributed by atoms with Gasteiger partial charge in [0.25, 0.3) is 0 Å². The zero-order valence-electron chi connectivity index (χ0n) is 37.2. The third kappa shape index (κ3) is 6.14. The topological polar surface area (TPSA) is 56.7 Å². The van der Waals surface area contributed by atoms with E-state index in [9.17, 15) is 2.74 Å². The average Bonchev–Trinajstić information content (AvgIpc) is 3.94. The molecule has 12 rings (SSSR count). The minimum absolute atomic E-state index is 0.0895. The van der Waals surface area contributed by atoms with Crippen molar-refractivity contribution in [1.82, 2.24) is 19.5 Å². The van der Waals surface area contributed by atoms with Gasteiger partial charge in [0.1, 0.15) is 11.2 Å². The monoisotopic (exact) mass is 796 g/mol. The highest BCUT2D eigenvalue weighted by Gasteiger charge is 2.19. The molecule has 5 nitrogen and oxygen atoms in total. The summed E-state index contributed by atoms with van der Waals surface area (Å²) in [6.07, 6.45) is 0. The molecule has 9 aromatic carbocycles. The first kappa shape index (κ1) is 31.5. The molecule has 0 fully saturated rings. The van der Waals surface area contributed by atoms with Crippen molar-refractivity contribution in [1.29, 1.82) is 0 Å². The van der Waals surface area contributed by atoms with Crippen LogP contribution in [0.1, 0.15) is 5.48 Å². The van der Waals surface area contributed by atoms with Crippen molar-refractivity contribution in [2.24, 2.45) is 0 Å². The lowest BCUT2D eigenvalue weighted by atomic mass is 9.97. The minimum Gasteiger partial charge on any atom is -0.456 e. The Bertz CT molecular complexity index is 3850. The van der Waals surface area contributed by atoms with E-state index in [1.165, 1.54) is 5.56 Å². The fraction of sp³-hybridized carbons (Fsp3) is 0. The second-order valence-electron chi connectivity index (χ2n) is 15.3. The molecular weight excluding hydrogens is 757 g/mol. The fourth-order valence-electron chi connectivity index (χ4n) is 8.59. The molecular formula is C57H36N4O. The van der Waals surface area contributed by atoms with Gasteiger partial charge in [0.15, 0.2) is 17.5 Å². The summed E-state index contributed by atoms with van der Waals surface area (Å²) in [6, 6.07) is 64.1. The summed E-state index contributed by atoms with van der Waals surface area (Å²) in [4.78, 5) is 15.1. The number of rotatable bonds is 7. The molecule has 0 saturated heterocycles. The number of hydrogen-bond acceptors (Lipinski definition) is 4. The van der Waals surface area contributed by atoms with Crippen LogP contribution in [0.5, 0.6) is 0 Å². The van der Waals surface area contributed by atoms with Crippen molar-refractivity contribution in [3.63, 3.8) is 0 Å². The Morgan fingerprint density at radius 2 is 0.887 bits per heavy atom. The fourth-order valence-corrected chi connectivity index (χ4v) is 8.59. The number of para-hydroxylation sites is 3. The number of benzene rings is 9. The van der Waals surface area contributed by atoms with Crippen LogP contribution in [0.3, 0.4) is 0 Å². The number of furan rings is 1. The smallest absolute Gasteiger partial charge is 0.164 e. The third-order valence-corrected chi connectivity index (χ3v) is 11.6. The van der Waals surface area contributed by atoms with Crippen molar-refractivity contribution >= 4 is 43.7 Å². The van der Waals surface area contributed by atoms with Gasteiger partial charge >= 0.3 is 0 Å². The number of nitrogens with zero attached hydrogens (tertiary/aromatic N) is 4. The molecule has 0 aliphatic heterocycles. The van der Waals surface area contributed by atoms with E-state index in [0.717, 1.165) is 71.8 Å². The molecule has 0 aliphatic carbocycles. The molecule has 0 radical (unpaired) electrons. The molecule has 5 heteroatoms. The van der Waals surface area contributed by atoms with Crippen molar-refractivity contribution in [3.8, 4) is 73.2 Å². The SMILES string of the molecule is [2H]c1c([2H])c([2H])c2c(c1[2H])c1cccc(-c3ccc(-c4ccc(-c5ccccc5)cc4)cc3)c1n2-c1cccc(-c2nc(-c3ccccc3)nc(-c3ccc4c(c3)oc3ccccc34)n2)c1. The van der Waals surface area contributed by atoms with Gasteiger partial charge in [-0.1, -0.05) is 182 Å². The first-order chi connectivity index (χ1) is 32.4. The Labute approximate surface area is 363 Å². The zero-order valence-corrected chi connectivity index (χ0v) is 33.2. The standard InChI is InChI=1S/C57H36N4O/c1-3-13-37(14-4-1)38-25-27-39(28-26-38)40-29-31-41(32-30-40)46-21-12-22-50-47-19-7-9-23-51(47)61(54(46)50)45-18-11-17-43(35-45)56-58-55(42-15-5-2-6-16-42)59-57(60-56)44-33-34-49-48-20-8-10-24-52(48)62-53(49)36-44/h1-36H/i7D,9D,19D,23D. The average molecular weight is 797 g/mol. The zero-order chi connectivity index (χ0) is 44.5. The molecule has 0 amide bonds. The summed E-state index contributed by atoms with van der Waals surface area (Å²) in [6.45, 7) is 0. The molecule has 0 saturated carbocycles. The summed E-state index contributed by atoms with van der Waals surface area (Å²) in [5, 5.41) is 3.22. The Morgan fingerprint density at radius 3 is 1.61 bits per heavy atom. The van der Waals surface area contributed by atoms with Gasteiger partial charge in [-0.2, -0.15) is 0 Å². The minimum atomic E-state index is -0.298. The number of aromatic nitrogens is 4. The van der Waals surface area contributed by atoms with E-state index in [-0.39, 0.29) is 24.2 Å². The van der Waals surface area contributed by atoms with Crippen molar-refractivity contribution in [2.75, 3.05) is 0 Å². The van der Waals surface area contributed by atoms with E-state index in [1.807, 2.05) is 132 Å². The molecule has 0 bridgehead atoms. The van der Waals surface area contributed by atoms with Crippen LogP contribution < -0.4 is 0 Å². The van der Waals surface area contributed by atoms with Crippen LogP contribution in [0, 0.1) is 0 Å². The van der Waals surface area contributed by atoms with Crippen LogP contribution in [0.4, 0.5) is 0 Å². The van der Waals surface area contributed by atoms with Gasteiger partial charge in [0, 0.05) is 49.5 Å². The summed E-state index contributed by atoms with van der Waals surface area (Å²) in [7, 11) is 0. The first-order valence-electron chi connectivity index (χ1n) is 22.5. The Morgan fingerprint density at radius 1 is 0.371 bits per heavy atom. The van der Waals surface area contributed by atoms with Crippen LogP contribution in [-0.2, 0) is 0 Å². The summed E-state index contributed by atoms with van der Waals surface area (Å²) < 4.78 is 44.3. The maximum Gasteiger partial charge on any atom is 0.164 e. The van der Waals surface area contributed by atoms with E-state index in [4.69, 9.17) is 22.1 Å². The predicted molar refractivity (Wildman–Crippen MR) is 254 cm³/mol. The maximum atomic E-state index is 9.32. The van der Waals surface area contributed by atoms with Gasteiger partial charge in [-0.3, -0.25) is 0 Å². The van der Waals surface area contributed by atoms with Gasteiger partial charge in [-0.05, 0) is 64.2 Å². The lowest BCUT2D eigenvalue weighted by molar-refractivity contribution is 0.669. The molecule has 12 aromatic rings. The van der Waals surface area contributed by atoms with E-state index >= 15 is 0 Å². The van der Waals surface area contributed by atoms with E-state index in [2.05, 4.69) is 66.7 Å². The van der Waals surface area contributed by atoms with E-state index in [0.29, 0.717) is 39.6 Å². The van der Waals surface area contributed by atoms with Gasteiger partial charge < -0.3 is 8.98 Å². The molecule has 0 aliphatic rings. The van der Waals surface area contributed by atoms with E-state index in [1.54, 1.807) is 0 Å². The van der Waals surface area contributed by atoms with Crippen molar-refractivity contribution in [2.45, 2.75) is 0 Å². The number of fused-ring (bicyclic) bond motifs is 6. The third-order valence-electron chi connectivity index (χ3n) is 11.6. The molecule has 0 unspecified atom stereocenters. The highest BCUT2D eigenvalue weighted by Crippen LogP contribution is 2.40. The van der Waals surface area contributed by atoms with Crippen LogP contribution >= 0.6 is 0 Å². The normalized spacial score (nSPS) is 12.5. The molecule has 0 spiro atoms. The lowest BCUT2D eigenvalue weighted by Gasteiger charge is -2.14. The summed E-state index contributed by atoms with van der Waals surface area (Å²) >= 11 is 0. The van der Waals surface area contributed by atoms with Crippen LogP contribution in [0.25, 0.3) is 117 Å². The van der Waals surface area contributed by atoms with Crippen LogP contribution in [0.15, 0.2) is 223 Å². The van der Waals surface area contributed by atoms with Crippen LogP contribution in [-0.4, -0.2) is 19.5 Å². The van der Waals surface area contributed by atoms with Crippen molar-refractivity contribution in [3.05, 3.63) is 218 Å². The molecule has 62 heavy (non-hydrogen) atoms. The van der Waals surface area contributed by atoms with E-state index < -0.39 is 0 Å². The molecule has 3 aromatic heterocycles. The Hall–Kier alpha value is -8.41. The number of hydrogen-bond donors (Lipinski definition) is 0. The molecule has 3 heterocycles. The maximum absolute atomic E-state index is 9.32. The second-order valence-corrected chi connectivity index (χ2v) is 15.3. The first-order valence-corrected chi connectivity index (χ1v) is 20.5. The highest BCUT2D eigenvalue weighted by molar-refractivity contribution is 6.14. The lowest BCUT2D eigenvalue weighted by Crippen LogP contribution is -2.01. The van der Waals surface area contributed by atoms with Gasteiger partial charge in [0.2, 0.25) is 0 Å². The van der Waals surface area contributed by atoms with Gasteiger partial charge in [-0.25, -0.2) is 15.0 Å². The Kier molecular flexibility index (Phi) is 7.47. The van der Waals surface area contributed by atoms with Crippen LogP contribution in [0.2, 0.25) is 0 Å². The second kappa shape index (κ2) is 14.7. The molecule has 290 valence electrons. The summed E-state index contributed by atoms with van der Waals surface area (Å²) in [5.41, 5.74) is 12.0. The van der Waals surface area contributed by atoms with Gasteiger partial charge in [-0.15, -0.1) is 0 Å². The summed E-state index contributed by atoms with van der Waals surface area (Å²) in [5.74, 6) is 1.44. The predicted octanol–water partition coefficient (Wildman–Crippen LogP) is 14.9. The Balaban J connectivity index is 1.02. The highest BCUT2D eigenvalue weighted by atomic mass is 16.3. The quantitative estimate of drug-likeness (QED) is 0.161. The van der Waals surface area contributed by atoms with Crippen molar-refractivity contribution < 1.29 is 9.90 Å². The molecule has 0 atom stereocenters. The van der Waals surface area contributed by atoms with Gasteiger partial charge in [0.05, 0.1) is 16.5 Å².